The third-order valence-electron chi connectivity index (χ3n) is 1.89. The maximum absolute atomic E-state index is 11.5. The molecular weight excluding hydrogens is 222 g/mol. The number of nitrogens with one attached hydrogen (secondary N) is 1. The maximum atomic E-state index is 11.5. The molecule has 0 aromatic carbocycles. The first-order valence-corrected chi connectivity index (χ1v) is 5.76. The normalized spacial score (nSPS) is 14.6. The highest BCUT2D eigenvalue weighted by Gasteiger charge is 2.27. The molecule has 0 aromatic rings. The van der Waals surface area contributed by atoms with Gasteiger partial charge in [-0.15, -0.1) is 0 Å². The predicted octanol–water partition coefficient (Wildman–Crippen LogP) is 1.63. The van der Waals surface area contributed by atoms with Crippen molar-refractivity contribution in [3.05, 3.63) is 0 Å². The van der Waals surface area contributed by atoms with Crippen LogP contribution in [0.5, 0.6) is 0 Å². The van der Waals surface area contributed by atoms with E-state index in [-0.39, 0.29) is 5.41 Å². The van der Waals surface area contributed by atoms with Crippen LogP contribution in [0.15, 0.2) is 0 Å². The van der Waals surface area contributed by atoms with E-state index in [1.807, 2.05) is 20.8 Å². The zero-order valence-electron chi connectivity index (χ0n) is 11.6. The summed E-state index contributed by atoms with van der Waals surface area (Å²) in [5.41, 5.74) is -0.722. The van der Waals surface area contributed by atoms with Gasteiger partial charge in [0.25, 0.3) is 0 Å². The van der Waals surface area contributed by atoms with Gasteiger partial charge in [0.05, 0.1) is 6.04 Å². The number of rotatable bonds is 3. The summed E-state index contributed by atoms with van der Waals surface area (Å²) in [6, 6.07) is -0.732. The number of carbonyl (C=O) groups is 1. The third-order valence-corrected chi connectivity index (χ3v) is 1.89. The fourth-order valence-electron chi connectivity index (χ4n) is 1.35. The fourth-order valence-corrected chi connectivity index (χ4v) is 1.35. The first-order chi connectivity index (χ1) is 7.41. The molecule has 1 amide bonds. The first-order valence-electron chi connectivity index (χ1n) is 5.76. The summed E-state index contributed by atoms with van der Waals surface area (Å²) in [4.78, 5) is 11.5. The van der Waals surface area contributed by atoms with E-state index in [0.29, 0.717) is 6.42 Å². The Labute approximate surface area is 103 Å². The van der Waals surface area contributed by atoms with E-state index in [0.717, 1.165) is 0 Å². The van der Waals surface area contributed by atoms with Gasteiger partial charge in [-0.3, -0.25) is 0 Å². The molecule has 0 radical (unpaired) electrons. The van der Waals surface area contributed by atoms with E-state index in [1.54, 1.807) is 20.8 Å². The number of carbonyl (C=O) groups excluding carboxylic acids is 1. The van der Waals surface area contributed by atoms with E-state index in [2.05, 4.69) is 5.32 Å². The molecule has 0 rings (SSSR count). The molecule has 0 aliphatic carbocycles. The Balaban J connectivity index is 4.41. The Bertz CT molecular complexity index is 250. The van der Waals surface area contributed by atoms with Crippen LogP contribution < -0.4 is 5.32 Å². The molecular formula is C12H25NO4. The third kappa shape index (κ3) is 8.94. The Kier molecular flexibility index (Phi) is 5.42. The summed E-state index contributed by atoms with van der Waals surface area (Å²) >= 11 is 0. The van der Waals surface area contributed by atoms with E-state index in [4.69, 9.17) is 4.74 Å². The average Bonchev–Trinajstić information content (AvgIpc) is 1.95. The highest BCUT2D eigenvalue weighted by atomic mass is 16.6. The minimum absolute atomic E-state index is 0.122. The molecule has 0 aliphatic heterocycles. The number of aliphatic hydroxyl groups excluding tert-OH is 1. The highest BCUT2D eigenvalue weighted by Crippen LogP contribution is 2.22. The fraction of sp³-hybridized carbons (Fsp3) is 0.917. The Morgan fingerprint density at radius 3 is 1.94 bits per heavy atom. The molecule has 3 N–H and O–H groups in total. The Morgan fingerprint density at radius 1 is 1.18 bits per heavy atom. The van der Waals surface area contributed by atoms with Gasteiger partial charge >= 0.3 is 6.09 Å². The van der Waals surface area contributed by atoms with Crippen molar-refractivity contribution in [3.63, 3.8) is 0 Å². The number of alkyl carbamates (subject to hydrolysis) is 1. The van der Waals surface area contributed by atoms with Crippen molar-refractivity contribution in [2.45, 2.75) is 65.9 Å². The maximum Gasteiger partial charge on any atom is 0.408 e. The van der Waals surface area contributed by atoms with Crippen molar-refractivity contribution in [2.75, 3.05) is 0 Å². The molecule has 0 saturated heterocycles. The van der Waals surface area contributed by atoms with Gasteiger partial charge in [-0.05, 0) is 32.6 Å². The van der Waals surface area contributed by atoms with E-state index < -0.39 is 24.0 Å². The summed E-state index contributed by atoms with van der Waals surface area (Å²) in [7, 11) is 0. The number of aliphatic hydroxyl groups is 2. The summed E-state index contributed by atoms with van der Waals surface area (Å²) < 4.78 is 5.06. The summed E-state index contributed by atoms with van der Waals surface area (Å²) in [6.45, 7) is 11.1. The lowest BCUT2D eigenvalue weighted by Crippen LogP contribution is -2.47. The topological polar surface area (TPSA) is 78.8 Å². The molecule has 5 heteroatoms. The summed E-state index contributed by atoms with van der Waals surface area (Å²) in [5, 5.41) is 20.9. The largest absolute Gasteiger partial charge is 0.444 e. The number of hydrogen-bond donors (Lipinski definition) is 3. The lowest BCUT2D eigenvalue weighted by molar-refractivity contribution is -0.0757. The van der Waals surface area contributed by atoms with Crippen molar-refractivity contribution in [1.29, 1.82) is 0 Å². The number of ether oxygens (including phenoxy) is 1. The average molecular weight is 247 g/mol. The van der Waals surface area contributed by atoms with Gasteiger partial charge in [-0.25, -0.2) is 4.79 Å². The molecule has 1 atom stereocenters. The van der Waals surface area contributed by atoms with Gasteiger partial charge in [0.15, 0.2) is 6.29 Å². The lowest BCUT2D eigenvalue weighted by atomic mass is 9.88. The number of amides is 1. The van der Waals surface area contributed by atoms with Gasteiger partial charge in [0, 0.05) is 0 Å². The van der Waals surface area contributed by atoms with Crippen LogP contribution in [-0.4, -0.2) is 34.2 Å². The van der Waals surface area contributed by atoms with Gasteiger partial charge in [0.1, 0.15) is 5.60 Å². The monoisotopic (exact) mass is 247 g/mol. The first kappa shape index (κ1) is 16.2. The molecule has 102 valence electrons. The van der Waals surface area contributed by atoms with Gasteiger partial charge in [-0.1, -0.05) is 20.8 Å². The van der Waals surface area contributed by atoms with Crippen LogP contribution in [0.3, 0.4) is 0 Å². The van der Waals surface area contributed by atoms with Crippen molar-refractivity contribution < 1.29 is 19.7 Å². The molecule has 17 heavy (non-hydrogen) atoms. The van der Waals surface area contributed by atoms with Crippen LogP contribution in [0.1, 0.15) is 48.0 Å². The second-order valence-corrected chi connectivity index (χ2v) is 6.43. The molecule has 1 unspecified atom stereocenters. The molecule has 0 saturated carbocycles. The van der Waals surface area contributed by atoms with Crippen LogP contribution >= 0.6 is 0 Å². The van der Waals surface area contributed by atoms with Crippen LogP contribution in [-0.2, 0) is 4.74 Å². The van der Waals surface area contributed by atoms with E-state index in [9.17, 15) is 15.0 Å². The van der Waals surface area contributed by atoms with Crippen LogP contribution in [0.2, 0.25) is 0 Å². The second-order valence-electron chi connectivity index (χ2n) is 6.43. The second kappa shape index (κ2) is 5.69. The van der Waals surface area contributed by atoms with Gasteiger partial charge in [0.2, 0.25) is 0 Å². The van der Waals surface area contributed by atoms with Crippen LogP contribution in [0.4, 0.5) is 4.79 Å². The number of hydrogen-bond acceptors (Lipinski definition) is 4. The zero-order valence-corrected chi connectivity index (χ0v) is 11.6. The van der Waals surface area contributed by atoms with Crippen molar-refractivity contribution in [2.24, 2.45) is 5.41 Å². The standard InChI is InChI=1S/C12H25NO4/c1-11(2,3)7-8(9(14)15)13-10(16)17-12(4,5)6/h8-9,14-15H,7H2,1-6H3,(H,13,16). The lowest BCUT2D eigenvalue weighted by Gasteiger charge is -2.29. The SMILES string of the molecule is CC(C)(C)CC(NC(=O)OC(C)(C)C)C(O)O. The van der Waals surface area contributed by atoms with Gasteiger partial charge < -0.3 is 20.3 Å². The summed E-state index contributed by atoms with van der Waals surface area (Å²) in [5.74, 6) is 0. The predicted molar refractivity (Wildman–Crippen MR) is 65.5 cm³/mol. The van der Waals surface area contributed by atoms with Crippen LogP contribution in [0, 0.1) is 5.41 Å². The molecule has 0 fully saturated rings. The molecule has 0 heterocycles. The summed E-state index contributed by atoms with van der Waals surface area (Å²) in [6.07, 6.45) is -1.79. The minimum Gasteiger partial charge on any atom is -0.444 e. The van der Waals surface area contributed by atoms with Gasteiger partial charge in [-0.2, -0.15) is 0 Å². The molecule has 5 nitrogen and oxygen atoms in total. The Hall–Kier alpha value is -0.810. The molecule has 0 spiro atoms. The molecule has 0 aromatic heterocycles. The smallest absolute Gasteiger partial charge is 0.408 e. The zero-order chi connectivity index (χ0) is 13.9. The van der Waals surface area contributed by atoms with Crippen molar-refractivity contribution >= 4 is 6.09 Å². The van der Waals surface area contributed by atoms with Crippen molar-refractivity contribution in [3.8, 4) is 0 Å². The van der Waals surface area contributed by atoms with Crippen molar-refractivity contribution in [1.82, 2.24) is 5.32 Å². The molecule has 0 aliphatic rings. The van der Waals surface area contributed by atoms with E-state index in [1.165, 1.54) is 0 Å². The van der Waals surface area contributed by atoms with E-state index >= 15 is 0 Å². The highest BCUT2D eigenvalue weighted by molar-refractivity contribution is 5.68. The molecule has 0 bridgehead atoms. The quantitative estimate of drug-likeness (QED) is 0.662. The van der Waals surface area contributed by atoms with Crippen LogP contribution in [0.25, 0.3) is 0 Å². The Morgan fingerprint density at radius 2 is 1.65 bits per heavy atom. The minimum atomic E-state index is -1.60.